The third-order valence-electron chi connectivity index (χ3n) is 5.46. The van der Waals surface area contributed by atoms with Gasteiger partial charge in [-0.05, 0) is 30.3 Å². The Hall–Kier alpha value is -3.61. The van der Waals surface area contributed by atoms with Crippen molar-refractivity contribution in [3.8, 4) is 0 Å². The van der Waals surface area contributed by atoms with Crippen molar-refractivity contribution in [1.82, 2.24) is 0 Å². The summed E-state index contributed by atoms with van der Waals surface area (Å²) in [4.78, 5) is 39.1. The number of anilines is 1. The molecule has 1 aliphatic carbocycles. The second kappa shape index (κ2) is 6.70. The molecule has 1 aliphatic rings. The molecule has 6 rings (SSSR count). The van der Waals surface area contributed by atoms with Crippen LogP contribution in [-0.2, 0) is 0 Å². The normalized spacial score (nSPS) is 12.8. The van der Waals surface area contributed by atoms with E-state index in [0.29, 0.717) is 32.8 Å². The van der Waals surface area contributed by atoms with Gasteiger partial charge in [-0.2, -0.15) is 0 Å². The Labute approximate surface area is 184 Å². The Balaban J connectivity index is 1.33. The number of thiophene rings is 2. The summed E-state index contributed by atoms with van der Waals surface area (Å²) in [6, 6.07) is 21.7. The van der Waals surface area contributed by atoms with Gasteiger partial charge in [0.15, 0.2) is 11.6 Å². The molecule has 0 saturated carbocycles. The largest absolute Gasteiger partial charge is 0.321 e. The van der Waals surface area contributed by atoms with Crippen LogP contribution in [0, 0.1) is 0 Å². The van der Waals surface area contributed by atoms with E-state index in [4.69, 9.17) is 0 Å². The van der Waals surface area contributed by atoms with Gasteiger partial charge in [-0.3, -0.25) is 14.4 Å². The quantitative estimate of drug-likeness (QED) is 0.352. The minimum atomic E-state index is -0.229. The van der Waals surface area contributed by atoms with Crippen LogP contribution >= 0.6 is 22.7 Å². The smallest absolute Gasteiger partial charge is 0.265 e. The molecule has 0 unspecified atom stereocenters. The highest BCUT2D eigenvalue weighted by Crippen LogP contribution is 2.39. The summed E-state index contributed by atoms with van der Waals surface area (Å²) in [5, 5.41) is 4.03. The second-order valence-corrected chi connectivity index (χ2v) is 9.46. The van der Waals surface area contributed by atoms with Crippen LogP contribution in [0.2, 0.25) is 0 Å². The first kappa shape index (κ1) is 18.2. The van der Waals surface area contributed by atoms with Crippen LogP contribution in [0.1, 0.15) is 41.5 Å². The van der Waals surface area contributed by atoms with Crippen molar-refractivity contribution < 1.29 is 14.4 Å². The molecule has 0 atom stereocenters. The monoisotopic (exact) mass is 439 g/mol. The number of ketones is 2. The van der Waals surface area contributed by atoms with E-state index in [9.17, 15) is 14.4 Å². The Morgan fingerprint density at radius 1 is 0.677 bits per heavy atom. The molecule has 0 aliphatic heterocycles. The van der Waals surface area contributed by atoms with Crippen molar-refractivity contribution in [2.75, 3.05) is 5.32 Å². The number of rotatable bonds is 2. The number of fused-ring (bicyclic) bond motifs is 5. The summed E-state index contributed by atoms with van der Waals surface area (Å²) >= 11 is 3.13. The number of nitrogens with one attached hydrogen (secondary N) is 1. The van der Waals surface area contributed by atoms with Crippen LogP contribution in [0.3, 0.4) is 0 Å². The highest BCUT2D eigenvalue weighted by Gasteiger charge is 2.29. The third kappa shape index (κ3) is 2.76. The molecule has 1 N–H and O–H groups in total. The van der Waals surface area contributed by atoms with E-state index in [-0.39, 0.29) is 17.5 Å². The number of carbonyl (C=O) groups excluding carboxylic acids is 3. The zero-order valence-corrected chi connectivity index (χ0v) is 17.6. The summed E-state index contributed by atoms with van der Waals surface area (Å²) in [5.74, 6) is -0.606. The summed E-state index contributed by atoms with van der Waals surface area (Å²) in [5.41, 5.74) is 1.99. The molecule has 148 valence electrons. The van der Waals surface area contributed by atoms with Gasteiger partial charge in [0, 0.05) is 42.7 Å². The molecule has 4 nitrogen and oxygen atoms in total. The zero-order valence-electron chi connectivity index (χ0n) is 16.0. The summed E-state index contributed by atoms with van der Waals surface area (Å²) in [7, 11) is 0. The molecule has 3 aromatic carbocycles. The predicted octanol–water partition coefficient (Wildman–Crippen LogP) is 6.14. The fourth-order valence-electron chi connectivity index (χ4n) is 3.98. The van der Waals surface area contributed by atoms with Gasteiger partial charge in [0.05, 0.1) is 9.58 Å². The van der Waals surface area contributed by atoms with Crippen molar-refractivity contribution in [1.29, 1.82) is 0 Å². The number of amides is 1. The van der Waals surface area contributed by atoms with Crippen LogP contribution < -0.4 is 5.32 Å². The van der Waals surface area contributed by atoms with Gasteiger partial charge in [0.25, 0.3) is 5.91 Å². The molecule has 2 aromatic heterocycles. The molecule has 0 fully saturated rings. The van der Waals surface area contributed by atoms with Crippen LogP contribution in [0.4, 0.5) is 5.69 Å². The van der Waals surface area contributed by atoms with E-state index in [1.807, 2.05) is 18.2 Å². The first-order valence-corrected chi connectivity index (χ1v) is 11.3. The van der Waals surface area contributed by atoms with Crippen LogP contribution in [-0.4, -0.2) is 17.5 Å². The van der Waals surface area contributed by atoms with Crippen molar-refractivity contribution in [2.24, 2.45) is 0 Å². The maximum Gasteiger partial charge on any atom is 0.265 e. The van der Waals surface area contributed by atoms with E-state index >= 15 is 0 Å². The fourth-order valence-corrected chi connectivity index (χ4v) is 6.40. The van der Waals surface area contributed by atoms with E-state index in [0.717, 1.165) is 14.8 Å². The standard InChI is InChI=1S/C25H13NO3S2/c27-22-14-5-1-2-6-15(14)23(28)18-11-13(9-10-16(18)22)26-25(29)21-12-20-24(31-21)17-7-3-4-8-19(17)30-20/h1-12H,(H,26,29). The molecule has 0 spiro atoms. The van der Waals surface area contributed by atoms with Crippen molar-refractivity contribution in [2.45, 2.75) is 0 Å². The minimum Gasteiger partial charge on any atom is -0.321 e. The lowest BCUT2D eigenvalue weighted by molar-refractivity contribution is 0.0979. The summed E-state index contributed by atoms with van der Waals surface area (Å²) in [6.45, 7) is 0. The first-order valence-electron chi connectivity index (χ1n) is 9.65. The Kier molecular flexibility index (Phi) is 3.93. The van der Waals surface area contributed by atoms with E-state index in [1.54, 1.807) is 53.8 Å². The Bertz CT molecular complexity index is 1570. The molecule has 2 heterocycles. The van der Waals surface area contributed by atoms with Gasteiger partial charge in [0.1, 0.15) is 0 Å². The molecule has 0 saturated heterocycles. The van der Waals surface area contributed by atoms with Gasteiger partial charge < -0.3 is 5.32 Å². The SMILES string of the molecule is O=C(Nc1ccc2c(c1)C(=O)c1ccccc1C2=O)c1cc2sc3ccccc3c2s1. The number of hydrogen-bond donors (Lipinski definition) is 1. The van der Waals surface area contributed by atoms with Crippen LogP contribution in [0.5, 0.6) is 0 Å². The molecular weight excluding hydrogens is 426 g/mol. The topological polar surface area (TPSA) is 63.2 Å². The van der Waals surface area contributed by atoms with E-state index < -0.39 is 0 Å². The van der Waals surface area contributed by atoms with Gasteiger partial charge >= 0.3 is 0 Å². The average Bonchev–Trinajstić information content (AvgIpc) is 3.36. The lowest BCUT2D eigenvalue weighted by atomic mass is 9.84. The Morgan fingerprint density at radius 3 is 2.16 bits per heavy atom. The molecule has 31 heavy (non-hydrogen) atoms. The van der Waals surface area contributed by atoms with Crippen LogP contribution in [0.25, 0.3) is 19.5 Å². The van der Waals surface area contributed by atoms with Crippen LogP contribution in [0.15, 0.2) is 72.8 Å². The first-order chi connectivity index (χ1) is 15.1. The highest BCUT2D eigenvalue weighted by atomic mass is 32.1. The number of benzene rings is 3. The van der Waals surface area contributed by atoms with Gasteiger partial charge in [-0.1, -0.05) is 42.5 Å². The number of carbonyl (C=O) groups is 3. The molecule has 0 radical (unpaired) electrons. The second-order valence-electron chi connectivity index (χ2n) is 7.32. The maximum absolute atomic E-state index is 12.9. The van der Waals surface area contributed by atoms with Gasteiger partial charge in [-0.25, -0.2) is 0 Å². The van der Waals surface area contributed by atoms with Gasteiger partial charge in [-0.15, -0.1) is 22.7 Å². The lowest BCUT2D eigenvalue weighted by Crippen LogP contribution is -2.21. The zero-order chi connectivity index (χ0) is 21.1. The molecule has 1 amide bonds. The summed E-state index contributed by atoms with van der Waals surface area (Å²) < 4.78 is 3.39. The van der Waals surface area contributed by atoms with E-state index in [2.05, 4.69) is 17.4 Å². The molecule has 0 bridgehead atoms. The molecule has 5 aromatic rings. The Morgan fingerprint density at radius 2 is 1.35 bits per heavy atom. The molecule has 6 heteroatoms. The van der Waals surface area contributed by atoms with Gasteiger partial charge in [0.2, 0.25) is 0 Å². The average molecular weight is 440 g/mol. The van der Waals surface area contributed by atoms with Crippen molar-refractivity contribution in [3.05, 3.63) is 99.9 Å². The summed E-state index contributed by atoms with van der Waals surface area (Å²) in [6.07, 6.45) is 0. The highest BCUT2D eigenvalue weighted by molar-refractivity contribution is 7.33. The fraction of sp³-hybridized carbons (Fsp3) is 0. The number of hydrogen-bond acceptors (Lipinski definition) is 5. The predicted molar refractivity (Wildman–Crippen MR) is 125 cm³/mol. The van der Waals surface area contributed by atoms with E-state index in [1.165, 1.54) is 16.0 Å². The van der Waals surface area contributed by atoms with Crippen molar-refractivity contribution >= 4 is 65.3 Å². The maximum atomic E-state index is 12.9. The molecular formula is C25H13NO3S2. The lowest BCUT2D eigenvalue weighted by Gasteiger charge is -2.18. The third-order valence-corrected chi connectivity index (χ3v) is 7.87. The minimum absolute atomic E-state index is 0.173. The van der Waals surface area contributed by atoms with Crippen molar-refractivity contribution in [3.63, 3.8) is 0 Å².